The molecule has 0 aliphatic heterocycles. The van der Waals surface area contributed by atoms with Crippen molar-refractivity contribution in [2.24, 2.45) is 5.92 Å². The number of nitrogens with zero attached hydrogens (tertiary/aromatic N) is 1. The normalized spacial score (nSPS) is 22.7. The average molecular weight is 321 g/mol. The summed E-state index contributed by atoms with van der Waals surface area (Å²) >= 11 is 0. The van der Waals surface area contributed by atoms with Crippen LogP contribution in [0.15, 0.2) is 53.0 Å². The fourth-order valence-electron chi connectivity index (χ4n) is 3.18. The predicted octanol–water partition coefficient (Wildman–Crippen LogP) is 4.61. The minimum Gasteiger partial charge on any atom is -0.461 e. The van der Waals surface area contributed by atoms with Crippen LogP contribution in [-0.4, -0.2) is 16.8 Å². The molecule has 2 aliphatic carbocycles. The van der Waals surface area contributed by atoms with Crippen LogP contribution >= 0.6 is 0 Å². The highest BCUT2D eigenvalue weighted by Gasteiger charge is 2.36. The molecule has 3 nitrogen and oxygen atoms in total. The lowest BCUT2D eigenvalue weighted by Gasteiger charge is -2.20. The van der Waals surface area contributed by atoms with Gasteiger partial charge >= 0.3 is 0 Å². The van der Waals surface area contributed by atoms with Crippen molar-refractivity contribution in [1.82, 2.24) is 4.90 Å². The minimum atomic E-state index is 0.0686. The standard InChI is InChI=1S/C21H23NO2/c1-15-13-19(15)20-11-9-18(24-20)10-12-21(23)22(17-7-8-17)14-16-5-3-2-4-6-16/h2-6,9-12,15,17,19H,7-8,13-14H2,1H3/b12-10+. The van der Waals surface area contributed by atoms with E-state index < -0.39 is 0 Å². The van der Waals surface area contributed by atoms with E-state index in [0.717, 1.165) is 30.3 Å². The maximum absolute atomic E-state index is 12.6. The summed E-state index contributed by atoms with van der Waals surface area (Å²) in [5.41, 5.74) is 1.18. The van der Waals surface area contributed by atoms with Crippen molar-refractivity contribution in [3.8, 4) is 0 Å². The molecule has 1 amide bonds. The fourth-order valence-corrected chi connectivity index (χ4v) is 3.18. The molecule has 0 N–H and O–H groups in total. The van der Waals surface area contributed by atoms with E-state index in [1.165, 1.54) is 12.0 Å². The Balaban J connectivity index is 1.42. The first-order valence-corrected chi connectivity index (χ1v) is 8.83. The Morgan fingerprint density at radius 3 is 2.62 bits per heavy atom. The summed E-state index contributed by atoms with van der Waals surface area (Å²) in [5, 5.41) is 0. The van der Waals surface area contributed by atoms with Crippen molar-refractivity contribution in [3.05, 3.63) is 65.6 Å². The Bertz CT molecular complexity index is 742. The van der Waals surface area contributed by atoms with Gasteiger partial charge in [-0.05, 0) is 49.0 Å². The zero-order valence-corrected chi connectivity index (χ0v) is 14.0. The molecule has 2 aromatic rings. The van der Waals surface area contributed by atoms with Crippen molar-refractivity contribution in [1.29, 1.82) is 0 Å². The molecule has 24 heavy (non-hydrogen) atoms. The third-order valence-electron chi connectivity index (χ3n) is 4.98. The van der Waals surface area contributed by atoms with Crippen LogP contribution in [0.1, 0.15) is 49.2 Å². The fraction of sp³-hybridized carbons (Fsp3) is 0.381. The Labute approximate surface area is 143 Å². The number of furan rings is 1. The second-order valence-electron chi connectivity index (χ2n) is 7.08. The van der Waals surface area contributed by atoms with Crippen molar-refractivity contribution in [2.45, 2.75) is 44.7 Å². The zero-order chi connectivity index (χ0) is 16.5. The summed E-state index contributed by atoms with van der Waals surface area (Å²) in [6.07, 6.45) is 6.88. The van der Waals surface area contributed by atoms with E-state index in [2.05, 4.69) is 19.1 Å². The molecule has 124 valence electrons. The number of hydrogen-bond acceptors (Lipinski definition) is 2. The number of amides is 1. The van der Waals surface area contributed by atoms with Gasteiger partial charge in [-0.2, -0.15) is 0 Å². The Hall–Kier alpha value is -2.29. The van der Waals surface area contributed by atoms with E-state index in [9.17, 15) is 4.79 Å². The Morgan fingerprint density at radius 2 is 1.96 bits per heavy atom. The molecule has 0 radical (unpaired) electrons. The molecular formula is C21H23NO2. The van der Waals surface area contributed by atoms with Crippen LogP contribution in [0.5, 0.6) is 0 Å². The van der Waals surface area contributed by atoms with Crippen molar-refractivity contribution < 1.29 is 9.21 Å². The summed E-state index contributed by atoms with van der Waals surface area (Å²) in [7, 11) is 0. The van der Waals surface area contributed by atoms with Gasteiger partial charge in [0.1, 0.15) is 11.5 Å². The average Bonchev–Trinajstić information content (AvgIpc) is 3.51. The van der Waals surface area contributed by atoms with Gasteiger partial charge in [-0.15, -0.1) is 0 Å². The second kappa shape index (κ2) is 6.31. The maximum atomic E-state index is 12.6. The highest BCUT2D eigenvalue weighted by atomic mass is 16.3. The number of carbonyl (C=O) groups excluding carboxylic acids is 1. The first kappa shape index (κ1) is 15.3. The van der Waals surface area contributed by atoms with Crippen LogP contribution in [0, 0.1) is 5.92 Å². The number of rotatable bonds is 6. The first-order chi connectivity index (χ1) is 11.7. The lowest BCUT2D eigenvalue weighted by atomic mass is 10.2. The van der Waals surface area contributed by atoms with Crippen LogP contribution in [0.2, 0.25) is 0 Å². The minimum absolute atomic E-state index is 0.0686. The van der Waals surface area contributed by atoms with E-state index >= 15 is 0 Å². The van der Waals surface area contributed by atoms with Crippen molar-refractivity contribution in [3.63, 3.8) is 0 Å². The maximum Gasteiger partial charge on any atom is 0.247 e. The molecule has 2 aliphatic rings. The Morgan fingerprint density at radius 1 is 1.21 bits per heavy atom. The molecule has 1 heterocycles. The van der Waals surface area contributed by atoms with Crippen molar-refractivity contribution >= 4 is 12.0 Å². The molecule has 0 spiro atoms. The molecular weight excluding hydrogens is 298 g/mol. The summed E-state index contributed by atoms with van der Waals surface area (Å²) in [6, 6.07) is 14.6. The van der Waals surface area contributed by atoms with Gasteiger partial charge in [0.05, 0.1) is 0 Å². The summed E-state index contributed by atoms with van der Waals surface area (Å²) in [5.74, 6) is 3.19. The Kier molecular flexibility index (Phi) is 4.01. The van der Waals surface area contributed by atoms with Crippen LogP contribution in [0.3, 0.4) is 0 Å². The molecule has 3 heteroatoms. The van der Waals surface area contributed by atoms with Gasteiger partial charge < -0.3 is 9.32 Å². The molecule has 1 aromatic heterocycles. The van der Waals surface area contributed by atoms with Gasteiger partial charge in [-0.1, -0.05) is 37.3 Å². The molecule has 2 fully saturated rings. The van der Waals surface area contributed by atoms with Gasteiger partial charge in [0.15, 0.2) is 0 Å². The van der Waals surface area contributed by atoms with Crippen LogP contribution in [0.4, 0.5) is 0 Å². The van der Waals surface area contributed by atoms with Crippen molar-refractivity contribution in [2.75, 3.05) is 0 Å². The third-order valence-corrected chi connectivity index (χ3v) is 4.98. The lowest BCUT2D eigenvalue weighted by molar-refractivity contribution is -0.127. The van der Waals surface area contributed by atoms with E-state index in [-0.39, 0.29) is 5.91 Å². The quantitative estimate of drug-likeness (QED) is 0.728. The van der Waals surface area contributed by atoms with Gasteiger partial charge in [-0.3, -0.25) is 4.79 Å². The molecule has 1 aromatic carbocycles. The van der Waals surface area contributed by atoms with E-state index in [1.807, 2.05) is 35.2 Å². The van der Waals surface area contributed by atoms with Gasteiger partial charge in [0.2, 0.25) is 5.91 Å². The highest BCUT2D eigenvalue weighted by Crippen LogP contribution is 2.47. The molecule has 0 saturated heterocycles. The number of hydrogen-bond donors (Lipinski definition) is 0. The SMILES string of the molecule is CC1CC1c1ccc(/C=C/C(=O)N(Cc2ccccc2)C2CC2)o1. The van der Waals surface area contributed by atoms with Crippen LogP contribution < -0.4 is 0 Å². The molecule has 4 rings (SSSR count). The lowest BCUT2D eigenvalue weighted by Crippen LogP contribution is -2.31. The molecule has 2 unspecified atom stereocenters. The largest absolute Gasteiger partial charge is 0.461 e. The van der Waals surface area contributed by atoms with Crippen LogP contribution in [0.25, 0.3) is 6.08 Å². The molecule has 2 saturated carbocycles. The van der Waals surface area contributed by atoms with Gasteiger partial charge in [-0.25, -0.2) is 0 Å². The summed E-state index contributed by atoms with van der Waals surface area (Å²) in [6.45, 7) is 2.92. The van der Waals surface area contributed by atoms with Gasteiger partial charge in [0.25, 0.3) is 0 Å². The summed E-state index contributed by atoms with van der Waals surface area (Å²) in [4.78, 5) is 14.6. The van der Waals surface area contributed by atoms with Crippen LogP contribution in [-0.2, 0) is 11.3 Å². The first-order valence-electron chi connectivity index (χ1n) is 8.83. The number of carbonyl (C=O) groups is 1. The smallest absolute Gasteiger partial charge is 0.247 e. The summed E-state index contributed by atoms with van der Waals surface area (Å²) < 4.78 is 5.84. The molecule has 2 atom stereocenters. The third kappa shape index (κ3) is 3.45. The second-order valence-corrected chi connectivity index (χ2v) is 7.08. The molecule has 0 bridgehead atoms. The van der Waals surface area contributed by atoms with E-state index in [4.69, 9.17) is 4.42 Å². The van der Waals surface area contributed by atoms with E-state index in [1.54, 1.807) is 12.2 Å². The highest BCUT2D eigenvalue weighted by molar-refractivity contribution is 5.91. The topological polar surface area (TPSA) is 33.5 Å². The van der Waals surface area contributed by atoms with E-state index in [0.29, 0.717) is 18.5 Å². The number of benzene rings is 1. The van der Waals surface area contributed by atoms with Gasteiger partial charge in [0, 0.05) is 24.6 Å². The monoisotopic (exact) mass is 321 g/mol. The predicted molar refractivity (Wildman–Crippen MR) is 94.3 cm³/mol. The zero-order valence-electron chi connectivity index (χ0n) is 14.0.